The Bertz CT molecular complexity index is 288. The van der Waals surface area contributed by atoms with Gasteiger partial charge in [0.15, 0.2) is 0 Å². The summed E-state index contributed by atoms with van der Waals surface area (Å²) in [5.41, 5.74) is 0. The molecule has 0 aromatic rings. The summed E-state index contributed by atoms with van der Waals surface area (Å²) in [6, 6.07) is 0. The number of carbonyl (C=O) groups is 1. The molecular weight excluding hydrogens is 413 g/mol. The fourth-order valence-electron chi connectivity index (χ4n) is 0. The van der Waals surface area contributed by atoms with Crippen molar-refractivity contribution in [3.63, 3.8) is 0 Å². The fourth-order valence-corrected chi connectivity index (χ4v) is 0. The van der Waals surface area contributed by atoms with Gasteiger partial charge < -0.3 is 55.8 Å². The maximum absolute atomic E-state index is 8.66. The zero-order valence-electron chi connectivity index (χ0n) is 9.72. The Hall–Kier alpha value is 4.20. The molecule has 0 bridgehead atoms. The summed E-state index contributed by atoms with van der Waals surface area (Å²) >= 11 is 0. The molecule has 0 saturated carbocycles. The van der Waals surface area contributed by atoms with E-state index in [2.05, 4.69) is 0 Å². The molecule has 0 atom stereocenters. The van der Waals surface area contributed by atoms with E-state index in [-0.39, 0.29) is 154 Å². The fraction of sp³-hybridized carbons (Fsp3) is 0. The topological polar surface area (TPSA) is 224 Å². The number of phosphoric acid groups is 1. The van der Waals surface area contributed by atoms with Crippen LogP contribution >= 0.6 is 7.82 Å². The molecule has 11 nitrogen and oxygen atoms in total. The van der Waals surface area contributed by atoms with Gasteiger partial charge >= 0.3 is 142 Å². The predicted molar refractivity (Wildman–Crippen MR) is 39.8 cm³/mol. The number of halogens is 1. The monoisotopic (exact) mass is 414 g/mol. The second-order valence-electron chi connectivity index (χ2n) is 1.14. The molecule has 2 N–H and O–H groups in total. The summed E-state index contributed by atoms with van der Waals surface area (Å²) in [5, 5.41) is 15.3. The van der Waals surface area contributed by atoms with Gasteiger partial charge in [-0.3, -0.25) is 8.42 Å². The first-order valence-electron chi connectivity index (χ1n) is 2.05. The van der Waals surface area contributed by atoms with Gasteiger partial charge in [0.25, 0.3) is 0 Å². The molecule has 0 aliphatic rings. The summed E-state index contributed by atoms with van der Waals surface area (Å²) in [7, 11) is -10.3. The molecule has 0 aliphatic heterocycles. The van der Waals surface area contributed by atoms with Crippen molar-refractivity contribution in [1.82, 2.24) is 0 Å². The zero-order chi connectivity index (χ0) is 12.6. The Kier molecular flexibility index (Phi) is 70.5. The van der Waals surface area contributed by atoms with Gasteiger partial charge in [-0.25, -0.2) is 0 Å². The molecule has 0 fully saturated rings. The molecule has 0 radical (unpaired) electrons. The van der Waals surface area contributed by atoms with Crippen LogP contribution < -0.4 is 108 Å². The first-order valence-corrected chi connectivity index (χ1v) is 4.88. The van der Waals surface area contributed by atoms with E-state index in [1.807, 2.05) is 0 Å². The van der Waals surface area contributed by atoms with E-state index in [1.54, 1.807) is 0 Å². The van der Waals surface area contributed by atoms with Gasteiger partial charge in [0.1, 0.15) is 0 Å². The minimum absolute atomic E-state index is 0. The third kappa shape index (κ3) is 513. The van der Waals surface area contributed by atoms with Crippen molar-refractivity contribution >= 4 is 85.2 Å². The van der Waals surface area contributed by atoms with Crippen molar-refractivity contribution in [2.45, 2.75) is 0 Å². The summed E-state index contributed by atoms with van der Waals surface area (Å²) in [5.74, 6) is 0. The SMILES string of the molecule is O=C([O-])O.O=P([O-])([O-])O.O=S(=O)([O-])[O-].[Ca+2].[Cl-].[K+].[Mg+2].[Na+]. The molecule has 0 heterocycles. The average Bonchev–Trinajstić information content (AvgIpc) is 1.45. The minimum Gasteiger partial charge on any atom is -1.00 e. The standard InChI is InChI=1S/CH2O3.Ca.ClH.K.Mg.Na.H3O4P.H2O4S/c2-1(3)4;;;;;;2*1-5(2,3)4/h(H2,2,3,4);;1H;;;;(H3,1,2,3,4);(H2,1,2,3,4)/q;+2;;+1;+2;+1;;/p-6. The third-order valence-corrected chi connectivity index (χ3v) is 0. The van der Waals surface area contributed by atoms with Gasteiger partial charge in [-0.15, -0.1) is 0 Å². The molecule has 0 amide bonds. The van der Waals surface area contributed by atoms with Gasteiger partial charge in [0.2, 0.25) is 6.16 Å². The van der Waals surface area contributed by atoms with E-state index in [0.717, 1.165) is 0 Å². The number of hydrogen-bond donors (Lipinski definition) is 2. The molecule has 0 aromatic carbocycles. The summed E-state index contributed by atoms with van der Waals surface area (Å²) in [6.45, 7) is 0. The zero-order valence-corrected chi connectivity index (χ0v) is 20.9. The third-order valence-electron chi connectivity index (χ3n) is 0. The van der Waals surface area contributed by atoms with E-state index >= 15 is 0 Å². The molecular formula is CH2CaClKMgNaO11PS. The first-order chi connectivity index (χ1) is 5.73. The van der Waals surface area contributed by atoms with Crippen LogP contribution in [0.5, 0.6) is 0 Å². The van der Waals surface area contributed by atoms with Gasteiger partial charge in [0, 0.05) is 10.4 Å². The van der Waals surface area contributed by atoms with Crippen LogP contribution in [0.2, 0.25) is 0 Å². The molecule has 19 heavy (non-hydrogen) atoms. The normalized spacial score (nSPS) is 7.42. The van der Waals surface area contributed by atoms with Crippen LogP contribution in [0.4, 0.5) is 4.79 Å². The first kappa shape index (κ1) is 49.5. The van der Waals surface area contributed by atoms with Crippen molar-refractivity contribution in [3.05, 3.63) is 0 Å². The second kappa shape index (κ2) is 27.1. The molecule has 0 spiro atoms. The van der Waals surface area contributed by atoms with E-state index < -0.39 is 24.4 Å². The van der Waals surface area contributed by atoms with E-state index in [0.29, 0.717) is 0 Å². The summed E-state index contributed by atoms with van der Waals surface area (Å²) in [6.07, 6.45) is -2.08. The quantitative estimate of drug-likeness (QED) is 0.163. The molecule has 18 heteroatoms. The van der Waals surface area contributed by atoms with Crippen molar-refractivity contribution in [1.29, 1.82) is 0 Å². The maximum Gasteiger partial charge on any atom is 2.00 e. The van der Waals surface area contributed by atoms with Crippen LogP contribution in [0, 0.1) is 0 Å². The predicted octanol–water partition coefficient (Wildman–Crippen LogP) is -14.4. The van der Waals surface area contributed by atoms with Gasteiger partial charge in [-0.2, -0.15) is 0 Å². The molecule has 0 rings (SSSR count). The van der Waals surface area contributed by atoms with Gasteiger partial charge in [0.05, 0.1) is 7.82 Å². The van der Waals surface area contributed by atoms with Crippen LogP contribution in [0.3, 0.4) is 0 Å². The largest absolute Gasteiger partial charge is 2.00 e. The Morgan fingerprint density at radius 2 is 1.16 bits per heavy atom. The van der Waals surface area contributed by atoms with E-state index in [9.17, 15) is 0 Å². The van der Waals surface area contributed by atoms with Crippen molar-refractivity contribution in [3.8, 4) is 0 Å². The van der Waals surface area contributed by atoms with Crippen molar-refractivity contribution in [2.24, 2.45) is 0 Å². The van der Waals surface area contributed by atoms with E-state index in [4.69, 9.17) is 51.8 Å². The number of carboxylic acid groups (broad SMARTS) is 2. The van der Waals surface area contributed by atoms with Crippen LogP contribution in [0.1, 0.15) is 0 Å². The van der Waals surface area contributed by atoms with Gasteiger partial charge in [-0.05, 0) is 0 Å². The number of hydrogen-bond acceptors (Lipinski definition) is 9. The Labute approximate surface area is 225 Å². The Balaban J connectivity index is -0.0000000141. The molecule has 96 valence electrons. The van der Waals surface area contributed by atoms with Crippen molar-refractivity contribution < 1.29 is 145 Å². The second-order valence-corrected chi connectivity index (χ2v) is 2.90. The number of rotatable bonds is 0. The average molecular weight is 415 g/mol. The smallest absolute Gasteiger partial charge is 1.00 e. The van der Waals surface area contributed by atoms with E-state index in [1.165, 1.54) is 0 Å². The Morgan fingerprint density at radius 1 is 1.16 bits per heavy atom. The molecule has 0 aromatic heterocycles. The van der Waals surface area contributed by atoms with Crippen LogP contribution in [-0.4, -0.2) is 94.5 Å². The Morgan fingerprint density at radius 3 is 1.16 bits per heavy atom. The van der Waals surface area contributed by atoms with Crippen LogP contribution in [-0.2, 0) is 15.0 Å². The van der Waals surface area contributed by atoms with Crippen LogP contribution in [0.25, 0.3) is 0 Å². The maximum atomic E-state index is 8.66. The molecule has 0 saturated heterocycles. The van der Waals surface area contributed by atoms with Gasteiger partial charge in [-0.1, -0.05) is 0 Å². The summed E-state index contributed by atoms with van der Waals surface area (Å²) < 4.78 is 42.7. The van der Waals surface area contributed by atoms with Crippen LogP contribution in [0.15, 0.2) is 0 Å². The molecule has 0 unspecified atom stereocenters. The molecule has 0 aliphatic carbocycles. The van der Waals surface area contributed by atoms with Crippen molar-refractivity contribution in [2.75, 3.05) is 0 Å². The minimum atomic E-state index is -5.17. The summed E-state index contributed by atoms with van der Waals surface area (Å²) in [4.78, 5) is 32.7.